The molecule has 1 aromatic carbocycles. The number of benzene rings is 1. The molecule has 0 spiro atoms. The maximum atomic E-state index is 13.1. The first-order valence-electron chi connectivity index (χ1n) is 10.2. The van der Waals surface area contributed by atoms with Gasteiger partial charge in [-0.2, -0.15) is 4.98 Å². The molecule has 160 valence electrons. The minimum atomic E-state index is -0.497. The predicted octanol–water partition coefficient (Wildman–Crippen LogP) is 3.70. The molecule has 4 rings (SSSR count). The fraction of sp³-hybridized carbons (Fsp3) is 0.318. The molecule has 2 atom stereocenters. The van der Waals surface area contributed by atoms with E-state index in [0.29, 0.717) is 34.4 Å². The highest BCUT2D eigenvalue weighted by Crippen LogP contribution is 2.25. The lowest BCUT2D eigenvalue weighted by molar-refractivity contribution is 0.101. The number of anilines is 3. The summed E-state index contributed by atoms with van der Waals surface area (Å²) in [6.07, 6.45) is 7.92. The van der Waals surface area contributed by atoms with Crippen LogP contribution in [0.4, 0.5) is 21.8 Å². The molecule has 8 nitrogen and oxygen atoms in total. The molecule has 1 fully saturated rings. The molecule has 4 N–H and O–H groups in total. The minimum absolute atomic E-state index is 0.0497. The van der Waals surface area contributed by atoms with E-state index in [0.717, 1.165) is 38.1 Å². The van der Waals surface area contributed by atoms with Gasteiger partial charge in [0.2, 0.25) is 5.95 Å². The number of halogens is 1. The van der Waals surface area contributed by atoms with Crippen LogP contribution in [0.5, 0.6) is 0 Å². The molecule has 31 heavy (non-hydrogen) atoms. The van der Waals surface area contributed by atoms with Gasteiger partial charge in [0.15, 0.2) is 17.4 Å². The molecule has 0 unspecified atom stereocenters. The SMILES string of the molecule is CC(=O)c1cnc(N[C@@H]2CCCC[C@@H]2N)nc1Nc1cccc(-c2ncc(F)cn2)c1. The van der Waals surface area contributed by atoms with E-state index < -0.39 is 5.82 Å². The third-order valence-electron chi connectivity index (χ3n) is 5.31. The van der Waals surface area contributed by atoms with Crippen LogP contribution in [0.1, 0.15) is 43.0 Å². The van der Waals surface area contributed by atoms with Gasteiger partial charge in [-0.15, -0.1) is 0 Å². The quantitative estimate of drug-likeness (QED) is 0.516. The second kappa shape index (κ2) is 9.13. The zero-order chi connectivity index (χ0) is 21.8. The van der Waals surface area contributed by atoms with Gasteiger partial charge in [0.05, 0.1) is 18.0 Å². The number of ketones is 1. The summed E-state index contributed by atoms with van der Waals surface area (Å²) in [4.78, 5) is 29.0. The van der Waals surface area contributed by atoms with Crippen molar-refractivity contribution >= 4 is 23.2 Å². The van der Waals surface area contributed by atoms with Crippen LogP contribution in [-0.4, -0.2) is 37.8 Å². The van der Waals surface area contributed by atoms with Crippen LogP contribution in [0.2, 0.25) is 0 Å². The molecule has 1 aliphatic carbocycles. The maximum Gasteiger partial charge on any atom is 0.224 e. The molecule has 2 heterocycles. The van der Waals surface area contributed by atoms with Crippen molar-refractivity contribution in [2.45, 2.75) is 44.7 Å². The predicted molar refractivity (Wildman–Crippen MR) is 117 cm³/mol. The highest BCUT2D eigenvalue weighted by atomic mass is 19.1. The molecule has 1 aliphatic rings. The van der Waals surface area contributed by atoms with E-state index in [-0.39, 0.29) is 17.9 Å². The number of nitrogens with one attached hydrogen (secondary N) is 2. The lowest BCUT2D eigenvalue weighted by Crippen LogP contribution is -2.43. The van der Waals surface area contributed by atoms with Crippen molar-refractivity contribution in [1.29, 1.82) is 0 Å². The van der Waals surface area contributed by atoms with Gasteiger partial charge in [-0.05, 0) is 31.9 Å². The number of Topliss-reactive ketones (excluding diaryl/α,β-unsaturated/α-hetero) is 1. The molecule has 0 aliphatic heterocycles. The molecular weight excluding hydrogens is 397 g/mol. The number of carbonyl (C=O) groups is 1. The Bertz CT molecular complexity index is 1070. The van der Waals surface area contributed by atoms with Crippen LogP contribution in [0.25, 0.3) is 11.4 Å². The van der Waals surface area contributed by atoms with Gasteiger partial charge in [0.1, 0.15) is 5.82 Å². The van der Waals surface area contributed by atoms with E-state index in [1.54, 1.807) is 0 Å². The third-order valence-corrected chi connectivity index (χ3v) is 5.31. The Balaban J connectivity index is 1.60. The number of nitrogens with zero attached hydrogens (tertiary/aromatic N) is 4. The highest BCUT2D eigenvalue weighted by Gasteiger charge is 2.23. The van der Waals surface area contributed by atoms with Crippen LogP contribution in [0.3, 0.4) is 0 Å². The highest BCUT2D eigenvalue weighted by molar-refractivity contribution is 5.99. The van der Waals surface area contributed by atoms with Crippen molar-refractivity contribution in [2.24, 2.45) is 5.73 Å². The largest absolute Gasteiger partial charge is 0.350 e. The van der Waals surface area contributed by atoms with Crippen molar-refractivity contribution in [1.82, 2.24) is 19.9 Å². The fourth-order valence-corrected chi connectivity index (χ4v) is 3.64. The maximum absolute atomic E-state index is 13.1. The summed E-state index contributed by atoms with van der Waals surface area (Å²) >= 11 is 0. The Hall–Kier alpha value is -3.46. The van der Waals surface area contributed by atoms with E-state index in [9.17, 15) is 9.18 Å². The Morgan fingerprint density at radius 1 is 1.13 bits per heavy atom. The first-order chi connectivity index (χ1) is 15.0. The number of aromatic nitrogens is 4. The van der Waals surface area contributed by atoms with Crippen molar-refractivity contribution in [3.8, 4) is 11.4 Å². The fourth-order valence-electron chi connectivity index (χ4n) is 3.64. The lowest BCUT2D eigenvalue weighted by atomic mass is 9.91. The first-order valence-corrected chi connectivity index (χ1v) is 10.2. The average molecular weight is 421 g/mol. The summed E-state index contributed by atoms with van der Waals surface area (Å²) in [7, 11) is 0. The molecule has 9 heteroatoms. The average Bonchev–Trinajstić information content (AvgIpc) is 2.76. The molecule has 0 amide bonds. The third kappa shape index (κ3) is 5.00. The number of hydrogen-bond acceptors (Lipinski definition) is 8. The lowest BCUT2D eigenvalue weighted by Gasteiger charge is -2.29. The van der Waals surface area contributed by atoms with E-state index >= 15 is 0 Å². The Morgan fingerprint density at radius 2 is 1.90 bits per heavy atom. The molecule has 3 aromatic rings. The van der Waals surface area contributed by atoms with Gasteiger partial charge in [0.25, 0.3) is 0 Å². The van der Waals surface area contributed by atoms with Crippen LogP contribution in [-0.2, 0) is 0 Å². The standard InChI is InChI=1S/C22H24FN7O/c1-13(31)17-12-27-22(29-19-8-3-2-7-18(19)24)30-21(17)28-16-6-4-5-14(9-16)20-25-10-15(23)11-26-20/h4-6,9-12,18-19H,2-3,7-8,24H2,1H3,(H2,27,28,29,30)/t18-,19+/m0/s1. The van der Waals surface area contributed by atoms with Crippen LogP contribution in [0.15, 0.2) is 42.9 Å². The van der Waals surface area contributed by atoms with Crippen molar-refractivity contribution in [3.05, 3.63) is 54.2 Å². The number of carbonyl (C=O) groups excluding carboxylic acids is 1. The molecule has 1 saturated carbocycles. The van der Waals surface area contributed by atoms with E-state index in [4.69, 9.17) is 5.73 Å². The number of rotatable bonds is 6. The molecular formula is C22H24FN7O. The molecule has 0 radical (unpaired) electrons. The molecule has 2 aromatic heterocycles. The second-order valence-electron chi connectivity index (χ2n) is 7.64. The summed E-state index contributed by atoms with van der Waals surface area (Å²) in [5.74, 6) is 0.567. The summed E-state index contributed by atoms with van der Waals surface area (Å²) < 4.78 is 13.1. The van der Waals surface area contributed by atoms with Crippen LogP contribution >= 0.6 is 0 Å². The Kier molecular flexibility index (Phi) is 6.13. The number of nitrogens with two attached hydrogens (primary N) is 1. The normalized spacial score (nSPS) is 18.4. The van der Waals surface area contributed by atoms with Crippen LogP contribution < -0.4 is 16.4 Å². The summed E-state index contributed by atoms with van der Waals surface area (Å²) in [6, 6.07) is 7.44. The Labute approximate surface area is 179 Å². The first kappa shape index (κ1) is 20.8. The van der Waals surface area contributed by atoms with Gasteiger partial charge >= 0.3 is 0 Å². The van der Waals surface area contributed by atoms with E-state index in [1.807, 2.05) is 24.3 Å². The Morgan fingerprint density at radius 3 is 2.65 bits per heavy atom. The molecule has 0 saturated heterocycles. The number of hydrogen-bond donors (Lipinski definition) is 3. The second-order valence-corrected chi connectivity index (χ2v) is 7.64. The van der Waals surface area contributed by atoms with Gasteiger partial charge in [-0.3, -0.25) is 4.79 Å². The van der Waals surface area contributed by atoms with E-state index in [2.05, 4.69) is 30.6 Å². The van der Waals surface area contributed by atoms with Crippen molar-refractivity contribution < 1.29 is 9.18 Å². The van der Waals surface area contributed by atoms with Crippen LogP contribution in [0, 0.1) is 5.82 Å². The van der Waals surface area contributed by atoms with Gasteiger partial charge in [0, 0.05) is 29.5 Å². The van der Waals surface area contributed by atoms with Crippen molar-refractivity contribution in [2.75, 3.05) is 10.6 Å². The summed E-state index contributed by atoms with van der Waals surface area (Å²) in [6.45, 7) is 1.47. The van der Waals surface area contributed by atoms with E-state index in [1.165, 1.54) is 13.1 Å². The van der Waals surface area contributed by atoms with Gasteiger partial charge < -0.3 is 16.4 Å². The topological polar surface area (TPSA) is 119 Å². The summed E-state index contributed by atoms with van der Waals surface area (Å²) in [5, 5.41) is 6.50. The smallest absolute Gasteiger partial charge is 0.224 e. The van der Waals surface area contributed by atoms with Gasteiger partial charge in [-0.25, -0.2) is 19.3 Å². The molecule has 0 bridgehead atoms. The minimum Gasteiger partial charge on any atom is -0.350 e. The zero-order valence-corrected chi connectivity index (χ0v) is 17.2. The van der Waals surface area contributed by atoms with Gasteiger partial charge in [-0.1, -0.05) is 25.0 Å². The zero-order valence-electron chi connectivity index (χ0n) is 17.2. The van der Waals surface area contributed by atoms with Crippen molar-refractivity contribution in [3.63, 3.8) is 0 Å². The summed E-state index contributed by atoms with van der Waals surface area (Å²) in [5.41, 5.74) is 7.99. The monoisotopic (exact) mass is 421 g/mol.